The fourth-order valence-corrected chi connectivity index (χ4v) is 4.03. The topological polar surface area (TPSA) is 30.5 Å². The van der Waals surface area contributed by atoms with E-state index < -0.39 is 0 Å². The highest BCUT2D eigenvalue weighted by Crippen LogP contribution is 2.41. The Labute approximate surface area is 124 Å². The quantitative estimate of drug-likeness (QED) is 0.775. The third-order valence-electron chi connectivity index (χ3n) is 5.15. The molecule has 3 nitrogen and oxygen atoms in total. The summed E-state index contributed by atoms with van der Waals surface area (Å²) >= 11 is 0. The lowest BCUT2D eigenvalue weighted by molar-refractivity contribution is -0.122. The van der Waals surface area contributed by atoms with Gasteiger partial charge in [-0.05, 0) is 51.0 Å². The van der Waals surface area contributed by atoms with E-state index in [9.17, 15) is 0 Å². The third-order valence-corrected chi connectivity index (χ3v) is 5.15. The molecule has 1 aliphatic carbocycles. The molecule has 0 bridgehead atoms. The normalized spacial score (nSPS) is 27.6. The number of hydrogen-bond acceptors (Lipinski definition) is 3. The van der Waals surface area contributed by atoms with Crippen molar-refractivity contribution < 1.29 is 9.47 Å². The number of ether oxygens (including phenoxy) is 2. The Morgan fingerprint density at radius 1 is 1.30 bits per heavy atom. The maximum absolute atomic E-state index is 6.24. The van der Waals surface area contributed by atoms with Crippen LogP contribution in [0.4, 0.5) is 0 Å². The molecule has 1 N–H and O–H groups in total. The maximum atomic E-state index is 6.24. The van der Waals surface area contributed by atoms with Crippen molar-refractivity contribution in [2.45, 2.75) is 76.4 Å². The van der Waals surface area contributed by atoms with Crippen molar-refractivity contribution in [3.8, 4) is 0 Å². The highest BCUT2D eigenvalue weighted by atomic mass is 16.5. The van der Waals surface area contributed by atoms with Gasteiger partial charge in [0.05, 0.1) is 5.60 Å². The summed E-state index contributed by atoms with van der Waals surface area (Å²) in [6.07, 6.45) is 11.5. The zero-order chi connectivity index (χ0) is 14.3. The number of nitrogens with one attached hydrogen (secondary N) is 1. The standard InChI is InChI=1S/C17H33NO2/c1-3-11-18-16(8-12-19-2)15-7-13-20-17(14-15)9-5-4-6-10-17/h15-16,18H,3-14H2,1-2H3. The van der Waals surface area contributed by atoms with E-state index in [0.717, 1.165) is 32.1 Å². The summed E-state index contributed by atoms with van der Waals surface area (Å²) in [5, 5.41) is 3.76. The molecule has 2 fully saturated rings. The highest BCUT2D eigenvalue weighted by Gasteiger charge is 2.40. The van der Waals surface area contributed by atoms with Crippen LogP contribution in [0.15, 0.2) is 0 Å². The SMILES string of the molecule is CCCNC(CCOC)C1CCOC2(CCCCC2)C1. The lowest BCUT2D eigenvalue weighted by Crippen LogP contribution is -2.48. The van der Waals surface area contributed by atoms with Crippen LogP contribution in [0, 0.1) is 5.92 Å². The molecule has 2 atom stereocenters. The Kier molecular flexibility index (Phi) is 6.79. The van der Waals surface area contributed by atoms with Crippen LogP contribution in [-0.2, 0) is 9.47 Å². The first-order valence-corrected chi connectivity index (χ1v) is 8.66. The first-order valence-electron chi connectivity index (χ1n) is 8.66. The van der Waals surface area contributed by atoms with Crippen molar-refractivity contribution in [1.29, 1.82) is 0 Å². The molecule has 0 amide bonds. The molecular formula is C17H33NO2. The van der Waals surface area contributed by atoms with Crippen LogP contribution in [-0.4, -0.2) is 38.5 Å². The van der Waals surface area contributed by atoms with E-state index >= 15 is 0 Å². The first kappa shape index (κ1) is 16.3. The molecule has 2 aliphatic rings. The van der Waals surface area contributed by atoms with E-state index in [1.165, 1.54) is 51.4 Å². The number of hydrogen-bond donors (Lipinski definition) is 1. The molecule has 1 aliphatic heterocycles. The Balaban J connectivity index is 1.92. The van der Waals surface area contributed by atoms with Gasteiger partial charge < -0.3 is 14.8 Å². The molecule has 0 aromatic rings. The van der Waals surface area contributed by atoms with Crippen LogP contribution in [0.25, 0.3) is 0 Å². The summed E-state index contributed by atoms with van der Waals surface area (Å²) in [4.78, 5) is 0. The molecule has 1 saturated carbocycles. The summed E-state index contributed by atoms with van der Waals surface area (Å²) in [7, 11) is 1.81. The fourth-order valence-electron chi connectivity index (χ4n) is 4.03. The van der Waals surface area contributed by atoms with Gasteiger partial charge in [0.25, 0.3) is 0 Å². The van der Waals surface area contributed by atoms with Gasteiger partial charge >= 0.3 is 0 Å². The molecular weight excluding hydrogens is 250 g/mol. The molecule has 118 valence electrons. The lowest BCUT2D eigenvalue weighted by Gasteiger charge is -2.45. The zero-order valence-corrected chi connectivity index (χ0v) is 13.5. The van der Waals surface area contributed by atoms with Crippen LogP contribution in [0.5, 0.6) is 0 Å². The van der Waals surface area contributed by atoms with Crippen LogP contribution in [0.2, 0.25) is 0 Å². The van der Waals surface area contributed by atoms with E-state index in [2.05, 4.69) is 12.2 Å². The highest BCUT2D eigenvalue weighted by molar-refractivity contribution is 4.93. The summed E-state index contributed by atoms with van der Waals surface area (Å²) in [5.41, 5.74) is 0.223. The van der Waals surface area contributed by atoms with Crippen LogP contribution >= 0.6 is 0 Å². The van der Waals surface area contributed by atoms with Gasteiger partial charge in [0.2, 0.25) is 0 Å². The van der Waals surface area contributed by atoms with Crippen molar-refractivity contribution in [1.82, 2.24) is 5.32 Å². The van der Waals surface area contributed by atoms with Crippen molar-refractivity contribution in [3.05, 3.63) is 0 Å². The monoisotopic (exact) mass is 283 g/mol. The van der Waals surface area contributed by atoms with Crippen molar-refractivity contribution in [3.63, 3.8) is 0 Å². The van der Waals surface area contributed by atoms with E-state index in [4.69, 9.17) is 9.47 Å². The van der Waals surface area contributed by atoms with Crippen molar-refractivity contribution in [2.75, 3.05) is 26.9 Å². The van der Waals surface area contributed by atoms with E-state index in [0.29, 0.717) is 6.04 Å². The molecule has 3 heteroatoms. The predicted molar refractivity (Wildman–Crippen MR) is 83.1 cm³/mol. The molecule has 20 heavy (non-hydrogen) atoms. The average Bonchev–Trinajstić information content (AvgIpc) is 2.48. The van der Waals surface area contributed by atoms with Gasteiger partial charge in [0, 0.05) is 26.4 Å². The van der Waals surface area contributed by atoms with Crippen LogP contribution in [0.3, 0.4) is 0 Å². The minimum atomic E-state index is 0.223. The molecule has 0 aromatic heterocycles. The molecule has 2 rings (SSSR count). The molecule has 0 radical (unpaired) electrons. The third kappa shape index (κ3) is 4.44. The summed E-state index contributed by atoms with van der Waals surface area (Å²) in [6, 6.07) is 0.609. The average molecular weight is 283 g/mol. The first-order chi connectivity index (χ1) is 9.79. The summed E-state index contributed by atoms with van der Waals surface area (Å²) in [5.74, 6) is 0.767. The largest absolute Gasteiger partial charge is 0.385 e. The molecule has 2 unspecified atom stereocenters. The van der Waals surface area contributed by atoms with Crippen molar-refractivity contribution >= 4 is 0 Å². The Hall–Kier alpha value is -0.120. The van der Waals surface area contributed by atoms with Gasteiger partial charge in [0.15, 0.2) is 0 Å². The van der Waals surface area contributed by atoms with E-state index in [-0.39, 0.29) is 5.60 Å². The summed E-state index contributed by atoms with van der Waals surface area (Å²) < 4.78 is 11.5. The second-order valence-electron chi connectivity index (χ2n) is 6.69. The Morgan fingerprint density at radius 3 is 2.80 bits per heavy atom. The Bertz CT molecular complexity index is 250. The second kappa shape index (κ2) is 8.35. The molecule has 1 spiro atoms. The van der Waals surface area contributed by atoms with Gasteiger partial charge in [-0.15, -0.1) is 0 Å². The Morgan fingerprint density at radius 2 is 2.10 bits per heavy atom. The minimum Gasteiger partial charge on any atom is -0.385 e. The van der Waals surface area contributed by atoms with Gasteiger partial charge in [-0.25, -0.2) is 0 Å². The van der Waals surface area contributed by atoms with Gasteiger partial charge in [-0.1, -0.05) is 26.2 Å². The number of rotatable bonds is 7. The number of methoxy groups -OCH3 is 1. The fraction of sp³-hybridized carbons (Fsp3) is 1.00. The second-order valence-corrected chi connectivity index (χ2v) is 6.69. The molecule has 1 heterocycles. The van der Waals surface area contributed by atoms with Gasteiger partial charge in [0.1, 0.15) is 0 Å². The van der Waals surface area contributed by atoms with Gasteiger partial charge in [-0.2, -0.15) is 0 Å². The van der Waals surface area contributed by atoms with E-state index in [1.54, 1.807) is 0 Å². The minimum absolute atomic E-state index is 0.223. The smallest absolute Gasteiger partial charge is 0.0685 e. The molecule has 1 saturated heterocycles. The van der Waals surface area contributed by atoms with Crippen LogP contribution in [0.1, 0.15) is 64.7 Å². The lowest BCUT2D eigenvalue weighted by atomic mass is 9.73. The zero-order valence-electron chi connectivity index (χ0n) is 13.5. The maximum Gasteiger partial charge on any atom is 0.0685 e. The van der Waals surface area contributed by atoms with E-state index in [1.807, 2.05) is 7.11 Å². The predicted octanol–water partition coefficient (Wildman–Crippen LogP) is 3.52. The van der Waals surface area contributed by atoms with Crippen LogP contribution < -0.4 is 5.32 Å². The van der Waals surface area contributed by atoms with Gasteiger partial charge in [-0.3, -0.25) is 0 Å². The van der Waals surface area contributed by atoms with Crippen molar-refractivity contribution in [2.24, 2.45) is 5.92 Å². The molecule has 0 aromatic carbocycles. The summed E-state index contributed by atoms with van der Waals surface area (Å²) in [6.45, 7) is 5.19.